The van der Waals surface area contributed by atoms with E-state index in [4.69, 9.17) is 15.0 Å². The van der Waals surface area contributed by atoms with Gasteiger partial charge in [-0.1, -0.05) is 140 Å². The van der Waals surface area contributed by atoms with E-state index in [0.717, 1.165) is 49.7 Å². The number of pyridine rings is 3. The van der Waals surface area contributed by atoms with E-state index in [1.807, 2.05) is 18.5 Å². The number of hydrogen-bond donors (Lipinski definition) is 0. The molecule has 52 heavy (non-hydrogen) atoms. The van der Waals surface area contributed by atoms with Gasteiger partial charge in [-0.2, -0.15) is 0 Å². The number of hydrogen-bond acceptors (Lipinski definition) is 3. The van der Waals surface area contributed by atoms with E-state index in [2.05, 4.69) is 158 Å². The highest BCUT2D eigenvalue weighted by atomic mass is 14.7. The Morgan fingerprint density at radius 1 is 0.327 bits per heavy atom. The molecule has 3 nitrogen and oxygen atoms in total. The van der Waals surface area contributed by atoms with Gasteiger partial charge in [0.1, 0.15) is 0 Å². The topological polar surface area (TPSA) is 38.7 Å². The number of fused-ring (bicyclic) bond motifs is 12. The Morgan fingerprint density at radius 3 is 1.75 bits per heavy atom. The van der Waals surface area contributed by atoms with Crippen LogP contribution in [0.5, 0.6) is 0 Å². The van der Waals surface area contributed by atoms with E-state index in [1.165, 1.54) is 59.6 Å². The summed E-state index contributed by atoms with van der Waals surface area (Å²) in [4.78, 5) is 14.9. The molecule has 3 aromatic heterocycles. The highest BCUT2D eigenvalue weighted by molar-refractivity contribution is 6.33. The molecule has 0 bridgehead atoms. The standard InChI is InChI=1S/C49H29N3/c1-2-15-35-34(14-1)33(24-25-38(35)39-26-28-51-49-42(39)23-22-30-13-10-27-50-48(30)49)31-11-9-12-32(29-31)47-46-41-19-6-4-17-37(41)36-16-3-5-18-40(36)45(46)43-20-7-8-21-44(43)52-47/h1-29H. The lowest BCUT2D eigenvalue weighted by Crippen LogP contribution is -1.93. The first-order valence-corrected chi connectivity index (χ1v) is 17.7. The van der Waals surface area contributed by atoms with Crippen LogP contribution in [-0.4, -0.2) is 15.0 Å². The van der Waals surface area contributed by atoms with Gasteiger partial charge in [0.05, 0.1) is 22.2 Å². The van der Waals surface area contributed by atoms with Crippen molar-refractivity contribution in [3.63, 3.8) is 0 Å². The predicted octanol–water partition coefficient (Wildman–Crippen LogP) is 12.9. The predicted molar refractivity (Wildman–Crippen MR) is 219 cm³/mol. The average Bonchev–Trinajstić information content (AvgIpc) is 3.22. The highest BCUT2D eigenvalue weighted by Crippen LogP contribution is 2.44. The third kappa shape index (κ3) is 4.23. The SMILES string of the molecule is c1cc(-c2ccc(-c3ccnc4c3ccc3cccnc34)c3ccccc23)cc(-c2nc3ccccc3c3c4ccccc4c4ccccc4c23)c1. The smallest absolute Gasteiger partial charge is 0.0970 e. The molecule has 240 valence electrons. The van der Waals surface area contributed by atoms with Crippen LogP contribution in [0.2, 0.25) is 0 Å². The molecule has 0 aliphatic rings. The molecular weight excluding hydrogens is 631 g/mol. The third-order valence-corrected chi connectivity index (χ3v) is 10.7. The number of nitrogens with zero attached hydrogens (tertiary/aromatic N) is 3. The van der Waals surface area contributed by atoms with Crippen molar-refractivity contribution in [2.45, 2.75) is 0 Å². The number of para-hydroxylation sites is 1. The van der Waals surface area contributed by atoms with E-state index in [-0.39, 0.29) is 0 Å². The molecule has 0 saturated heterocycles. The first-order valence-electron chi connectivity index (χ1n) is 17.7. The lowest BCUT2D eigenvalue weighted by molar-refractivity contribution is 1.37. The zero-order chi connectivity index (χ0) is 34.2. The van der Waals surface area contributed by atoms with Gasteiger partial charge in [-0.05, 0) is 78.8 Å². The van der Waals surface area contributed by atoms with Gasteiger partial charge in [-0.25, -0.2) is 4.98 Å². The van der Waals surface area contributed by atoms with E-state index in [1.54, 1.807) is 0 Å². The van der Waals surface area contributed by atoms with Crippen LogP contribution in [0, 0.1) is 0 Å². The molecule has 0 saturated carbocycles. The van der Waals surface area contributed by atoms with Crippen LogP contribution in [0.15, 0.2) is 176 Å². The Kier molecular flexibility index (Phi) is 6.25. The molecule has 3 heteroatoms. The summed E-state index contributed by atoms with van der Waals surface area (Å²) in [5.74, 6) is 0. The van der Waals surface area contributed by atoms with Crippen LogP contribution in [0.1, 0.15) is 0 Å². The molecule has 0 unspecified atom stereocenters. The molecule has 0 aliphatic carbocycles. The number of benzene rings is 8. The second-order valence-corrected chi connectivity index (χ2v) is 13.5. The summed E-state index contributed by atoms with van der Waals surface area (Å²) in [6, 6.07) is 58.9. The highest BCUT2D eigenvalue weighted by Gasteiger charge is 2.19. The van der Waals surface area contributed by atoms with Crippen LogP contribution < -0.4 is 0 Å². The van der Waals surface area contributed by atoms with Crippen molar-refractivity contribution in [1.29, 1.82) is 0 Å². The molecule has 0 fully saturated rings. The largest absolute Gasteiger partial charge is 0.254 e. The molecule has 0 radical (unpaired) electrons. The lowest BCUT2D eigenvalue weighted by atomic mass is 9.88. The molecule has 0 aliphatic heterocycles. The maximum atomic E-state index is 5.42. The van der Waals surface area contributed by atoms with Gasteiger partial charge >= 0.3 is 0 Å². The van der Waals surface area contributed by atoms with Gasteiger partial charge in [0.15, 0.2) is 0 Å². The summed E-state index contributed by atoms with van der Waals surface area (Å²) in [6.07, 6.45) is 3.75. The molecule has 8 aromatic carbocycles. The average molecular weight is 660 g/mol. The van der Waals surface area contributed by atoms with E-state index in [9.17, 15) is 0 Å². The Morgan fingerprint density at radius 2 is 0.942 bits per heavy atom. The van der Waals surface area contributed by atoms with Gasteiger partial charge in [0.2, 0.25) is 0 Å². The Balaban J connectivity index is 1.15. The summed E-state index contributed by atoms with van der Waals surface area (Å²) in [5.41, 5.74) is 9.62. The fraction of sp³-hybridized carbons (Fsp3) is 0. The van der Waals surface area contributed by atoms with Crippen molar-refractivity contribution in [1.82, 2.24) is 15.0 Å². The molecule has 0 N–H and O–H groups in total. The molecule has 0 spiro atoms. The van der Waals surface area contributed by atoms with Crippen molar-refractivity contribution in [2.24, 2.45) is 0 Å². The molecule has 0 atom stereocenters. The fourth-order valence-corrected chi connectivity index (χ4v) is 8.44. The van der Waals surface area contributed by atoms with Gasteiger partial charge in [0, 0.05) is 44.9 Å². The van der Waals surface area contributed by atoms with Gasteiger partial charge in [-0.15, -0.1) is 0 Å². The summed E-state index contributed by atoms with van der Waals surface area (Å²) in [6.45, 7) is 0. The van der Waals surface area contributed by atoms with Crippen LogP contribution in [0.4, 0.5) is 0 Å². The molecule has 11 rings (SSSR count). The maximum absolute atomic E-state index is 5.42. The molecule has 11 aromatic rings. The van der Waals surface area contributed by atoms with E-state index < -0.39 is 0 Å². The lowest BCUT2D eigenvalue weighted by Gasteiger charge is -2.17. The van der Waals surface area contributed by atoms with Crippen LogP contribution in [-0.2, 0) is 0 Å². The first kappa shape index (κ1) is 28.8. The normalized spacial score (nSPS) is 11.8. The zero-order valence-corrected chi connectivity index (χ0v) is 28.1. The van der Waals surface area contributed by atoms with Gasteiger partial charge in [0.25, 0.3) is 0 Å². The minimum atomic E-state index is 0.923. The van der Waals surface area contributed by atoms with Gasteiger partial charge in [-0.3, -0.25) is 9.97 Å². The first-order chi connectivity index (χ1) is 25.8. The summed E-state index contributed by atoms with van der Waals surface area (Å²) >= 11 is 0. The van der Waals surface area contributed by atoms with Crippen molar-refractivity contribution < 1.29 is 0 Å². The minimum absolute atomic E-state index is 0.923. The minimum Gasteiger partial charge on any atom is -0.254 e. The van der Waals surface area contributed by atoms with Crippen LogP contribution >= 0.6 is 0 Å². The van der Waals surface area contributed by atoms with E-state index in [0.29, 0.717) is 0 Å². The molecule has 0 amide bonds. The van der Waals surface area contributed by atoms with Crippen LogP contribution in [0.25, 0.3) is 109 Å². The number of rotatable bonds is 3. The Hall–Kier alpha value is -6.97. The Labute approximate surface area is 299 Å². The quantitative estimate of drug-likeness (QED) is 0.177. The summed E-state index contributed by atoms with van der Waals surface area (Å²) < 4.78 is 0. The monoisotopic (exact) mass is 659 g/mol. The van der Waals surface area contributed by atoms with E-state index >= 15 is 0 Å². The second kappa shape index (κ2) is 11.3. The Bertz CT molecular complexity index is 3250. The van der Waals surface area contributed by atoms with Crippen molar-refractivity contribution in [3.05, 3.63) is 176 Å². The molecule has 3 heterocycles. The van der Waals surface area contributed by atoms with Crippen molar-refractivity contribution in [2.75, 3.05) is 0 Å². The fourth-order valence-electron chi connectivity index (χ4n) is 8.44. The summed E-state index contributed by atoms with van der Waals surface area (Å²) in [5, 5.41) is 13.2. The third-order valence-electron chi connectivity index (χ3n) is 10.7. The van der Waals surface area contributed by atoms with Gasteiger partial charge < -0.3 is 0 Å². The second-order valence-electron chi connectivity index (χ2n) is 13.5. The number of aromatic nitrogens is 3. The summed E-state index contributed by atoms with van der Waals surface area (Å²) in [7, 11) is 0. The van der Waals surface area contributed by atoms with Crippen LogP contribution in [0.3, 0.4) is 0 Å². The zero-order valence-electron chi connectivity index (χ0n) is 28.1. The van der Waals surface area contributed by atoms with Crippen molar-refractivity contribution in [3.8, 4) is 33.5 Å². The molecular formula is C49H29N3. The maximum Gasteiger partial charge on any atom is 0.0970 e. The van der Waals surface area contributed by atoms with Crippen molar-refractivity contribution >= 4 is 75.8 Å².